The Labute approximate surface area is 143 Å². The van der Waals surface area contributed by atoms with Crippen molar-refractivity contribution < 1.29 is 26.5 Å². The van der Waals surface area contributed by atoms with Crippen molar-refractivity contribution in [3.63, 3.8) is 0 Å². The molecule has 3 aromatic rings. The zero-order valence-electron chi connectivity index (χ0n) is 13.4. The molecule has 2 aromatic carbocycles. The number of rotatable bonds is 5. The van der Waals surface area contributed by atoms with Gasteiger partial charge < -0.3 is 18.1 Å². The lowest BCUT2D eigenvalue weighted by Crippen LogP contribution is -2.07. The first-order valence-electron chi connectivity index (χ1n) is 7.13. The Morgan fingerprint density at radius 1 is 1.00 bits per heavy atom. The summed E-state index contributed by atoms with van der Waals surface area (Å²) < 4.78 is 43.3. The molecule has 0 amide bonds. The molecule has 0 saturated heterocycles. The largest absolute Gasteiger partial charge is 0.493 e. The molecule has 7 nitrogen and oxygen atoms in total. The van der Waals surface area contributed by atoms with Crippen molar-refractivity contribution in [1.29, 1.82) is 0 Å². The molecular formula is C17H14O7S. The van der Waals surface area contributed by atoms with Crippen LogP contribution in [0.1, 0.15) is 0 Å². The van der Waals surface area contributed by atoms with Crippen molar-refractivity contribution in [2.75, 3.05) is 13.4 Å². The summed E-state index contributed by atoms with van der Waals surface area (Å²) in [5, 5.41) is 0.230. The van der Waals surface area contributed by atoms with Crippen LogP contribution in [0.15, 0.2) is 57.9 Å². The van der Waals surface area contributed by atoms with Gasteiger partial charge >= 0.3 is 10.1 Å². The number of methoxy groups -OCH3 is 1. The third-order valence-electron chi connectivity index (χ3n) is 3.25. The van der Waals surface area contributed by atoms with Crippen LogP contribution in [-0.4, -0.2) is 21.8 Å². The standard InChI is InChI=1S/C17H14O7S/c1-21-13-5-3-4-6-14(13)23-16-10-22-15-9-11(24-25(2,19)20)7-8-12(15)17(16)18/h3-10H,1-2H3. The van der Waals surface area contributed by atoms with Crippen LogP contribution in [0.5, 0.6) is 23.0 Å². The van der Waals surface area contributed by atoms with Crippen molar-refractivity contribution in [2.24, 2.45) is 0 Å². The monoisotopic (exact) mass is 362 g/mol. The van der Waals surface area contributed by atoms with E-state index in [0.717, 1.165) is 12.5 Å². The first-order chi connectivity index (χ1) is 11.9. The molecular weight excluding hydrogens is 348 g/mol. The number of para-hydroxylation sites is 2. The van der Waals surface area contributed by atoms with E-state index in [0.29, 0.717) is 11.5 Å². The normalized spacial score (nSPS) is 11.3. The lowest BCUT2D eigenvalue weighted by molar-refractivity contribution is 0.373. The Kier molecular flexibility index (Phi) is 4.37. The van der Waals surface area contributed by atoms with Crippen LogP contribution in [0.3, 0.4) is 0 Å². The molecule has 1 heterocycles. The maximum absolute atomic E-state index is 12.5. The lowest BCUT2D eigenvalue weighted by Gasteiger charge is -2.09. The van der Waals surface area contributed by atoms with E-state index in [4.69, 9.17) is 18.1 Å². The zero-order chi connectivity index (χ0) is 18.0. The number of hydrogen-bond donors (Lipinski definition) is 0. The van der Waals surface area contributed by atoms with Crippen LogP contribution in [0, 0.1) is 0 Å². The molecule has 0 bridgehead atoms. The van der Waals surface area contributed by atoms with Crippen LogP contribution >= 0.6 is 0 Å². The Morgan fingerprint density at radius 2 is 1.72 bits per heavy atom. The molecule has 8 heteroatoms. The van der Waals surface area contributed by atoms with E-state index in [-0.39, 0.29) is 22.5 Å². The van der Waals surface area contributed by atoms with Crippen LogP contribution in [0.4, 0.5) is 0 Å². The van der Waals surface area contributed by atoms with Gasteiger partial charge in [-0.15, -0.1) is 0 Å². The second kappa shape index (κ2) is 6.48. The summed E-state index contributed by atoms with van der Waals surface area (Å²) >= 11 is 0. The van der Waals surface area contributed by atoms with Gasteiger partial charge in [0.2, 0.25) is 11.2 Å². The summed E-state index contributed by atoms with van der Waals surface area (Å²) in [6.07, 6.45) is 2.08. The van der Waals surface area contributed by atoms with Crippen molar-refractivity contribution in [2.45, 2.75) is 0 Å². The van der Waals surface area contributed by atoms with Gasteiger partial charge in [0.05, 0.1) is 18.8 Å². The van der Waals surface area contributed by atoms with Gasteiger partial charge in [0.25, 0.3) is 0 Å². The minimum Gasteiger partial charge on any atom is -0.493 e. The molecule has 25 heavy (non-hydrogen) atoms. The van der Waals surface area contributed by atoms with Crippen LogP contribution < -0.4 is 19.1 Å². The van der Waals surface area contributed by atoms with Gasteiger partial charge in [-0.3, -0.25) is 4.79 Å². The summed E-state index contributed by atoms with van der Waals surface area (Å²) in [6.45, 7) is 0. The highest BCUT2D eigenvalue weighted by molar-refractivity contribution is 7.86. The van der Waals surface area contributed by atoms with E-state index >= 15 is 0 Å². The molecule has 0 fully saturated rings. The van der Waals surface area contributed by atoms with E-state index in [1.54, 1.807) is 24.3 Å². The van der Waals surface area contributed by atoms with Gasteiger partial charge in [0.15, 0.2) is 11.5 Å². The summed E-state index contributed by atoms with van der Waals surface area (Å²) in [5.74, 6) is 0.873. The van der Waals surface area contributed by atoms with Gasteiger partial charge in [0.1, 0.15) is 17.6 Å². The predicted octanol–water partition coefficient (Wildman–Crippen LogP) is 2.93. The number of benzene rings is 2. The lowest BCUT2D eigenvalue weighted by atomic mass is 10.2. The molecule has 3 rings (SSSR count). The number of fused-ring (bicyclic) bond motifs is 1. The zero-order valence-corrected chi connectivity index (χ0v) is 14.2. The Bertz CT molecular complexity index is 1080. The summed E-state index contributed by atoms with van der Waals surface area (Å²) in [5.41, 5.74) is -0.225. The summed E-state index contributed by atoms with van der Waals surface area (Å²) in [7, 11) is -2.18. The molecule has 0 saturated carbocycles. The van der Waals surface area contributed by atoms with Crippen molar-refractivity contribution in [3.05, 3.63) is 59.0 Å². The highest BCUT2D eigenvalue weighted by atomic mass is 32.2. The summed E-state index contributed by atoms with van der Waals surface area (Å²) in [4.78, 5) is 12.5. The van der Waals surface area contributed by atoms with Crippen molar-refractivity contribution in [3.8, 4) is 23.0 Å². The second-order valence-corrected chi connectivity index (χ2v) is 6.70. The topological polar surface area (TPSA) is 92.0 Å². The highest BCUT2D eigenvalue weighted by Gasteiger charge is 2.13. The van der Waals surface area contributed by atoms with E-state index in [1.807, 2.05) is 0 Å². The molecule has 130 valence electrons. The van der Waals surface area contributed by atoms with Crippen molar-refractivity contribution in [1.82, 2.24) is 0 Å². The average Bonchev–Trinajstić information content (AvgIpc) is 2.56. The van der Waals surface area contributed by atoms with Gasteiger partial charge in [0, 0.05) is 6.07 Å². The molecule has 1 aromatic heterocycles. The number of hydrogen-bond acceptors (Lipinski definition) is 7. The molecule has 0 spiro atoms. The molecule has 0 N–H and O–H groups in total. The molecule has 0 atom stereocenters. The quantitative estimate of drug-likeness (QED) is 0.644. The predicted molar refractivity (Wildman–Crippen MR) is 91.0 cm³/mol. The van der Waals surface area contributed by atoms with Gasteiger partial charge in [-0.05, 0) is 24.3 Å². The fourth-order valence-corrected chi connectivity index (χ4v) is 2.66. The van der Waals surface area contributed by atoms with E-state index in [1.165, 1.54) is 25.3 Å². The Balaban J connectivity index is 2.00. The number of ether oxygens (including phenoxy) is 2. The van der Waals surface area contributed by atoms with E-state index in [2.05, 4.69) is 0 Å². The maximum atomic E-state index is 12.5. The molecule has 0 unspecified atom stereocenters. The third-order valence-corrected chi connectivity index (χ3v) is 3.75. The molecule has 0 aliphatic carbocycles. The first kappa shape index (κ1) is 16.8. The maximum Gasteiger partial charge on any atom is 0.306 e. The molecule has 0 aliphatic heterocycles. The highest BCUT2D eigenvalue weighted by Crippen LogP contribution is 2.30. The van der Waals surface area contributed by atoms with Gasteiger partial charge in [-0.25, -0.2) is 0 Å². The van der Waals surface area contributed by atoms with Gasteiger partial charge in [-0.2, -0.15) is 8.42 Å². The smallest absolute Gasteiger partial charge is 0.306 e. The fraction of sp³-hybridized carbons (Fsp3) is 0.118. The molecule has 0 aliphatic rings. The Morgan fingerprint density at radius 3 is 2.40 bits per heavy atom. The van der Waals surface area contributed by atoms with Crippen LogP contribution in [0.25, 0.3) is 11.0 Å². The minimum absolute atomic E-state index is 0.0196. The molecule has 0 radical (unpaired) electrons. The van der Waals surface area contributed by atoms with E-state index < -0.39 is 15.5 Å². The van der Waals surface area contributed by atoms with Crippen molar-refractivity contribution >= 4 is 21.1 Å². The van der Waals surface area contributed by atoms with Gasteiger partial charge in [-0.1, -0.05) is 12.1 Å². The van der Waals surface area contributed by atoms with Crippen LogP contribution in [-0.2, 0) is 10.1 Å². The first-order valence-corrected chi connectivity index (χ1v) is 8.95. The fourth-order valence-electron chi connectivity index (χ4n) is 2.21. The second-order valence-electron chi connectivity index (χ2n) is 5.13. The Hall–Kier alpha value is -3.00. The third kappa shape index (κ3) is 3.74. The SMILES string of the molecule is COc1ccccc1Oc1coc2cc(OS(C)(=O)=O)ccc2c1=O. The minimum atomic E-state index is -3.67. The summed E-state index contributed by atoms with van der Waals surface area (Å²) in [6, 6.07) is 11.0. The van der Waals surface area contributed by atoms with E-state index in [9.17, 15) is 13.2 Å². The average molecular weight is 362 g/mol. The van der Waals surface area contributed by atoms with Crippen LogP contribution in [0.2, 0.25) is 0 Å².